The Morgan fingerprint density at radius 2 is 1.37 bits per heavy atom. The van der Waals surface area contributed by atoms with Crippen molar-refractivity contribution in [1.29, 1.82) is 0 Å². The van der Waals surface area contributed by atoms with Gasteiger partial charge >= 0.3 is 12.2 Å². The molecule has 2 aromatic carbocycles. The van der Waals surface area contributed by atoms with Gasteiger partial charge in [0.1, 0.15) is 13.2 Å². The quantitative estimate of drug-likeness (QED) is 0.873. The van der Waals surface area contributed by atoms with Crippen LogP contribution in [-0.4, -0.2) is 36.2 Å². The van der Waals surface area contributed by atoms with Gasteiger partial charge in [-0.15, -0.1) is 0 Å². The first kappa shape index (κ1) is 18.8. The van der Waals surface area contributed by atoms with E-state index < -0.39 is 6.09 Å². The number of amides is 2. The van der Waals surface area contributed by atoms with Crippen LogP contribution in [0.2, 0.25) is 0 Å². The highest BCUT2D eigenvalue weighted by molar-refractivity contribution is 5.69. The summed E-state index contributed by atoms with van der Waals surface area (Å²) in [4.78, 5) is 25.7. The fourth-order valence-corrected chi connectivity index (χ4v) is 2.95. The number of benzene rings is 2. The van der Waals surface area contributed by atoms with Crippen LogP contribution in [0.4, 0.5) is 9.59 Å². The van der Waals surface area contributed by atoms with Crippen LogP contribution < -0.4 is 5.32 Å². The van der Waals surface area contributed by atoms with Crippen molar-refractivity contribution in [1.82, 2.24) is 10.2 Å². The highest BCUT2D eigenvalue weighted by Gasteiger charge is 2.25. The molecule has 1 heterocycles. The third kappa shape index (κ3) is 6.02. The zero-order chi connectivity index (χ0) is 18.9. The zero-order valence-electron chi connectivity index (χ0n) is 15.2. The van der Waals surface area contributed by atoms with Gasteiger partial charge in [0.15, 0.2) is 0 Å². The van der Waals surface area contributed by atoms with Gasteiger partial charge in [-0.1, -0.05) is 60.7 Å². The Hall–Kier alpha value is -3.02. The van der Waals surface area contributed by atoms with Crippen molar-refractivity contribution < 1.29 is 19.1 Å². The molecule has 6 heteroatoms. The van der Waals surface area contributed by atoms with E-state index in [1.807, 2.05) is 60.7 Å². The molecule has 2 amide bonds. The number of carbonyl (C=O) groups excluding carboxylic acids is 2. The molecule has 0 atom stereocenters. The molecule has 1 N–H and O–H groups in total. The van der Waals surface area contributed by atoms with Gasteiger partial charge < -0.3 is 19.7 Å². The second-order valence-electron chi connectivity index (χ2n) is 6.51. The van der Waals surface area contributed by atoms with Crippen LogP contribution in [0.25, 0.3) is 0 Å². The van der Waals surface area contributed by atoms with Crippen LogP contribution in [0.5, 0.6) is 0 Å². The first-order chi connectivity index (χ1) is 13.2. The molecular weight excluding hydrogens is 344 g/mol. The Bertz CT molecular complexity index is 728. The molecule has 0 aliphatic carbocycles. The van der Waals surface area contributed by atoms with Crippen LogP contribution in [0.3, 0.4) is 0 Å². The van der Waals surface area contributed by atoms with Crippen LogP contribution in [-0.2, 0) is 22.7 Å². The van der Waals surface area contributed by atoms with Crippen molar-refractivity contribution in [3.05, 3.63) is 71.8 Å². The molecule has 0 aromatic heterocycles. The summed E-state index contributed by atoms with van der Waals surface area (Å²) < 4.78 is 10.6. The predicted octanol–water partition coefficient (Wildman–Crippen LogP) is 3.71. The SMILES string of the molecule is O=C(NC1CCN(C(=O)OCc2ccccc2)CC1)OCc1ccccc1. The van der Waals surface area contributed by atoms with Gasteiger partial charge in [-0.05, 0) is 24.0 Å². The van der Waals surface area contributed by atoms with E-state index in [-0.39, 0.29) is 25.3 Å². The Kier molecular flexibility index (Phi) is 6.68. The van der Waals surface area contributed by atoms with Crippen molar-refractivity contribution in [2.75, 3.05) is 13.1 Å². The van der Waals surface area contributed by atoms with Crippen molar-refractivity contribution >= 4 is 12.2 Å². The Morgan fingerprint density at radius 3 is 1.93 bits per heavy atom. The largest absolute Gasteiger partial charge is 0.445 e. The van der Waals surface area contributed by atoms with Crippen molar-refractivity contribution in [3.8, 4) is 0 Å². The molecule has 0 saturated carbocycles. The number of rotatable bonds is 5. The summed E-state index contributed by atoms with van der Waals surface area (Å²) in [5, 5.41) is 2.87. The second-order valence-corrected chi connectivity index (χ2v) is 6.51. The minimum Gasteiger partial charge on any atom is -0.445 e. The van der Waals surface area contributed by atoms with E-state index >= 15 is 0 Å². The van der Waals surface area contributed by atoms with Crippen molar-refractivity contribution in [2.24, 2.45) is 0 Å². The van der Waals surface area contributed by atoms with E-state index in [9.17, 15) is 9.59 Å². The maximum Gasteiger partial charge on any atom is 0.410 e. The minimum atomic E-state index is -0.427. The average Bonchev–Trinajstić information content (AvgIpc) is 2.72. The lowest BCUT2D eigenvalue weighted by Gasteiger charge is -2.31. The van der Waals surface area contributed by atoms with Crippen LogP contribution in [0.15, 0.2) is 60.7 Å². The molecule has 0 radical (unpaired) electrons. The molecule has 6 nitrogen and oxygen atoms in total. The fraction of sp³-hybridized carbons (Fsp3) is 0.333. The molecule has 1 aliphatic heterocycles. The van der Waals surface area contributed by atoms with Gasteiger partial charge in [-0.3, -0.25) is 0 Å². The summed E-state index contributed by atoms with van der Waals surface area (Å²) in [6.45, 7) is 1.62. The maximum atomic E-state index is 12.2. The summed E-state index contributed by atoms with van der Waals surface area (Å²) in [6, 6.07) is 19.2. The normalized spacial score (nSPS) is 14.4. The lowest BCUT2D eigenvalue weighted by molar-refractivity contribution is 0.0836. The van der Waals surface area contributed by atoms with Gasteiger partial charge in [0.05, 0.1) is 0 Å². The number of piperidine rings is 1. The Labute approximate surface area is 159 Å². The van der Waals surface area contributed by atoms with E-state index in [1.165, 1.54) is 0 Å². The monoisotopic (exact) mass is 368 g/mol. The number of carbonyl (C=O) groups is 2. The number of likely N-dealkylation sites (tertiary alicyclic amines) is 1. The van der Waals surface area contributed by atoms with Crippen LogP contribution >= 0.6 is 0 Å². The smallest absolute Gasteiger partial charge is 0.410 e. The number of hydrogen-bond acceptors (Lipinski definition) is 4. The lowest BCUT2D eigenvalue weighted by Crippen LogP contribution is -2.46. The highest BCUT2D eigenvalue weighted by atomic mass is 16.6. The molecule has 142 valence electrons. The third-order valence-corrected chi connectivity index (χ3v) is 4.49. The van der Waals surface area contributed by atoms with Gasteiger partial charge in [0, 0.05) is 19.1 Å². The van der Waals surface area contributed by atoms with Crippen molar-refractivity contribution in [2.45, 2.75) is 32.1 Å². The number of ether oxygens (including phenoxy) is 2. The molecule has 1 fully saturated rings. The number of nitrogens with one attached hydrogen (secondary N) is 1. The van der Waals surface area contributed by atoms with E-state index in [0.717, 1.165) is 11.1 Å². The minimum absolute atomic E-state index is 0.00597. The standard InChI is InChI=1S/C21H24N2O4/c24-20(26-15-17-7-3-1-4-8-17)22-19-11-13-23(14-12-19)21(25)27-16-18-9-5-2-6-10-18/h1-10,19H,11-16H2,(H,22,24). The topological polar surface area (TPSA) is 67.9 Å². The second kappa shape index (κ2) is 9.62. The third-order valence-electron chi connectivity index (χ3n) is 4.49. The summed E-state index contributed by atoms with van der Waals surface area (Å²) >= 11 is 0. The van der Waals surface area contributed by atoms with E-state index in [4.69, 9.17) is 9.47 Å². The molecule has 27 heavy (non-hydrogen) atoms. The zero-order valence-corrected chi connectivity index (χ0v) is 15.2. The number of nitrogens with zero attached hydrogens (tertiary/aromatic N) is 1. The Balaban J connectivity index is 1.34. The van der Waals surface area contributed by atoms with Gasteiger partial charge in [-0.25, -0.2) is 9.59 Å². The molecular formula is C21H24N2O4. The van der Waals surface area contributed by atoms with Crippen LogP contribution in [0, 0.1) is 0 Å². The highest BCUT2D eigenvalue weighted by Crippen LogP contribution is 2.13. The van der Waals surface area contributed by atoms with Crippen molar-refractivity contribution in [3.63, 3.8) is 0 Å². The molecule has 0 spiro atoms. The van der Waals surface area contributed by atoms with Gasteiger partial charge in [0.2, 0.25) is 0 Å². The van der Waals surface area contributed by atoms with E-state index in [1.54, 1.807) is 4.90 Å². The summed E-state index contributed by atoms with van der Waals surface area (Å²) in [5.41, 5.74) is 1.91. The molecule has 1 saturated heterocycles. The lowest BCUT2D eigenvalue weighted by atomic mass is 10.1. The molecule has 0 unspecified atom stereocenters. The number of alkyl carbamates (subject to hydrolysis) is 1. The Morgan fingerprint density at radius 1 is 0.852 bits per heavy atom. The van der Waals surface area contributed by atoms with Gasteiger partial charge in [-0.2, -0.15) is 0 Å². The first-order valence-corrected chi connectivity index (χ1v) is 9.13. The first-order valence-electron chi connectivity index (χ1n) is 9.13. The molecule has 2 aromatic rings. The van der Waals surface area contributed by atoms with E-state index in [2.05, 4.69) is 5.32 Å². The van der Waals surface area contributed by atoms with E-state index in [0.29, 0.717) is 25.9 Å². The summed E-state index contributed by atoms with van der Waals surface area (Å²) in [5.74, 6) is 0. The molecule has 1 aliphatic rings. The van der Waals surface area contributed by atoms with Gasteiger partial charge in [0.25, 0.3) is 0 Å². The number of hydrogen-bond donors (Lipinski definition) is 1. The molecule has 0 bridgehead atoms. The summed E-state index contributed by atoms with van der Waals surface area (Å²) in [6.07, 6.45) is 0.620. The average molecular weight is 368 g/mol. The van der Waals surface area contributed by atoms with Crippen LogP contribution in [0.1, 0.15) is 24.0 Å². The molecule has 3 rings (SSSR count). The maximum absolute atomic E-state index is 12.2. The predicted molar refractivity (Wildman–Crippen MR) is 101 cm³/mol. The fourth-order valence-electron chi connectivity index (χ4n) is 2.95. The summed E-state index contributed by atoms with van der Waals surface area (Å²) in [7, 11) is 0.